The van der Waals surface area contributed by atoms with Gasteiger partial charge in [0.2, 0.25) is 0 Å². The van der Waals surface area contributed by atoms with Crippen molar-refractivity contribution in [3.8, 4) is 16.9 Å². The van der Waals surface area contributed by atoms with Crippen LogP contribution in [0.15, 0.2) is 36.4 Å². The van der Waals surface area contributed by atoms with E-state index >= 15 is 0 Å². The summed E-state index contributed by atoms with van der Waals surface area (Å²) in [5, 5.41) is 19.2. The fourth-order valence-electron chi connectivity index (χ4n) is 2.39. The number of phenols is 1. The van der Waals surface area contributed by atoms with Crippen LogP contribution < -0.4 is 0 Å². The largest absolute Gasteiger partial charge is 0.507 e. The molecule has 0 amide bonds. The van der Waals surface area contributed by atoms with Gasteiger partial charge in [-0.25, -0.2) is 0 Å². The molecule has 0 radical (unpaired) electrons. The van der Waals surface area contributed by atoms with Crippen LogP contribution in [0.5, 0.6) is 5.75 Å². The van der Waals surface area contributed by atoms with Crippen molar-refractivity contribution in [3.63, 3.8) is 0 Å². The van der Waals surface area contributed by atoms with Gasteiger partial charge in [-0.15, -0.1) is 0 Å². The van der Waals surface area contributed by atoms with E-state index in [1.807, 2.05) is 31.2 Å². The molecule has 0 aliphatic rings. The number of benzene rings is 2. The zero-order valence-electron chi connectivity index (χ0n) is 11.6. The van der Waals surface area contributed by atoms with Crippen molar-refractivity contribution < 1.29 is 10.2 Å². The van der Waals surface area contributed by atoms with Gasteiger partial charge in [0.15, 0.2) is 0 Å². The average molecular weight is 256 g/mol. The Labute approximate surface area is 114 Å². The van der Waals surface area contributed by atoms with Crippen LogP contribution in [-0.2, 0) is 6.61 Å². The summed E-state index contributed by atoms with van der Waals surface area (Å²) in [6.07, 6.45) is 0. The van der Waals surface area contributed by atoms with Crippen molar-refractivity contribution in [1.29, 1.82) is 0 Å². The normalized spacial score (nSPS) is 11.0. The second-order valence-electron chi connectivity index (χ2n) is 5.20. The van der Waals surface area contributed by atoms with E-state index in [1.54, 1.807) is 0 Å². The molecule has 0 fully saturated rings. The Balaban J connectivity index is 2.63. The van der Waals surface area contributed by atoms with Gasteiger partial charge in [-0.1, -0.05) is 38.1 Å². The highest BCUT2D eigenvalue weighted by Crippen LogP contribution is 2.33. The maximum atomic E-state index is 9.89. The fourth-order valence-corrected chi connectivity index (χ4v) is 2.39. The zero-order valence-corrected chi connectivity index (χ0v) is 11.6. The molecule has 2 N–H and O–H groups in total. The third-order valence-corrected chi connectivity index (χ3v) is 3.44. The molecule has 0 heterocycles. The summed E-state index contributed by atoms with van der Waals surface area (Å²) in [4.78, 5) is 0. The number of rotatable bonds is 3. The van der Waals surface area contributed by atoms with E-state index in [-0.39, 0.29) is 12.4 Å². The quantitative estimate of drug-likeness (QED) is 0.872. The summed E-state index contributed by atoms with van der Waals surface area (Å²) in [7, 11) is 0. The fraction of sp³-hybridized carbons (Fsp3) is 0.294. The summed E-state index contributed by atoms with van der Waals surface area (Å²) in [6.45, 7) is 6.04. The van der Waals surface area contributed by atoms with Crippen LogP contribution in [0.3, 0.4) is 0 Å². The molecule has 0 saturated carbocycles. The maximum absolute atomic E-state index is 9.89. The van der Waals surface area contributed by atoms with Crippen LogP contribution in [-0.4, -0.2) is 10.2 Å². The summed E-state index contributed by atoms with van der Waals surface area (Å²) < 4.78 is 0. The van der Waals surface area contributed by atoms with Gasteiger partial charge >= 0.3 is 0 Å². The van der Waals surface area contributed by atoms with Crippen molar-refractivity contribution in [2.75, 3.05) is 0 Å². The second-order valence-corrected chi connectivity index (χ2v) is 5.20. The molecule has 0 spiro atoms. The third kappa shape index (κ3) is 2.64. The number of hydrogen-bond donors (Lipinski definition) is 2. The minimum atomic E-state index is -0.148. The smallest absolute Gasteiger partial charge is 0.124 e. The lowest BCUT2D eigenvalue weighted by Crippen LogP contribution is -1.94. The number of hydrogen-bond acceptors (Lipinski definition) is 2. The van der Waals surface area contributed by atoms with Crippen molar-refractivity contribution in [2.45, 2.75) is 33.3 Å². The predicted octanol–water partition coefficient (Wildman–Crippen LogP) is 3.98. The topological polar surface area (TPSA) is 40.5 Å². The van der Waals surface area contributed by atoms with Crippen molar-refractivity contribution >= 4 is 0 Å². The van der Waals surface area contributed by atoms with E-state index in [9.17, 15) is 10.2 Å². The highest BCUT2D eigenvalue weighted by atomic mass is 16.3. The van der Waals surface area contributed by atoms with Crippen molar-refractivity contribution in [2.24, 2.45) is 0 Å². The van der Waals surface area contributed by atoms with E-state index in [1.165, 1.54) is 5.56 Å². The molecular weight excluding hydrogens is 236 g/mol. The van der Waals surface area contributed by atoms with E-state index < -0.39 is 0 Å². The number of aryl methyl sites for hydroxylation is 1. The summed E-state index contributed by atoms with van der Waals surface area (Å²) >= 11 is 0. The van der Waals surface area contributed by atoms with Gasteiger partial charge in [0.05, 0.1) is 6.61 Å². The Morgan fingerprint density at radius 1 is 1.11 bits per heavy atom. The van der Waals surface area contributed by atoms with E-state index in [0.717, 1.165) is 16.7 Å². The van der Waals surface area contributed by atoms with E-state index in [4.69, 9.17) is 0 Å². The van der Waals surface area contributed by atoms with Crippen LogP contribution in [0.4, 0.5) is 0 Å². The molecule has 2 heteroatoms. The first-order valence-corrected chi connectivity index (χ1v) is 6.57. The molecule has 2 aromatic rings. The minimum Gasteiger partial charge on any atom is -0.507 e. The van der Waals surface area contributed by atoms with Crippen LogP contribution >= 0.6 is 0 Å². The zero-order chi connectivity index (χ0) is 14.0. The first kappa shape index (κ1) is 13.6. The van der Waals surface area contributed by atoms with Gasteiger partial charge in [-0.2, -0.15) is 0 Å². The Bertz CT molecular complexity index is 586. The van der Waals surface area contributed by atoms with Gasteiger partial charge in [0, 0.05) is 5.56 Å². The Hall–Kier alpha value is -1.80. The number of aliphatic hydroxyl groups excluding tert-OH is 1. The SMILES string of the molecule is Cc1cc(-c2ccccc2C(C)C)cc(CO)c1O. The molecule has 2 rings (SSSR count). The monoisotopic (exact) mass is 256 g/mol. The summed E-state index contributed by atoms with van der Waals surface area (Å²) in [6, 6.07) is 12.1. The molecule has 0 saturated heterocycles. The van der Waals surface area contributed by atoms with Crippen LogP contribution in [0.25, 0.3) is 11.1 Å². The third-order valence-electron chi connectivity index (χ3n) is 3.44. The van der Waals surface area contributed by atoms with Crippen molar-refractivity contribution in [3.05, 3.63) is 53.1 Å². The Morgan fingerprint density at radius 3 is 2.42 bits per heavy atom. The molecule has 2 nitrogen and oxygen atoms in total. The first-order chi connectivity index (χ1) is 9.04. The minimum absolute atomic E-state index is 0.148. The predicted molar refractivity (Wildman–Crippen MR) is 78.3 cm³/mol. The van der Waals surface area contributed by atoms with E-state index in [0.29, 0.717) is 11.5 Å². The summed E-state index contributed by atoms with van der Waals surface area (Å²) in [5.74, 6) is 0.621. The molecule has 0 atom stereocenters. The van der Waals surface area contributed by atoms with Gasteiger partial charge in [-0.05, 0) is 47.2 Å². The molecule has 19 heavy (non-hydrogen) atoms. The Kier molecular flexibility index (Phi) is 3.91. The number of aromatic hydroxyl groups is 1. The molecule has 0 aromatic heterocycles. The lowest BCUT2D eigenvalue weighted by molar-refractivity contribution is 0.275. The van der Waals surface area contributed by atoms with Crippen LogP contribution in [0, 0.1) is 6.92 Å². The lowest BCUT2D eigenvalue weighted by atomic mass is 9.91. The molecule has 0 aliphatic carbocycles. The average Bonchev–Trinajstić information content (AvgIpc) is 2.41. The number of aliphatic hydroxyl groups is 1. The molecule has 0 unspecified atom stereocenters. The van der Waals surface area contributed by atoms with Gasteiger partial charge < -0.3 is 10.2 Å². The molecular formula is C17H20O2. The van der Waals surface area contributed by atoms with Gasteiger partial charge in [-0.3, -0.25) is 0 Å². The lowest BCUT2D eigenvalue weighted by Gasteiger charge is -2.15. The summed E-state index contributed by atoms with van der Waals surface area (Å²) in [5.41, 5.74) is 4.85. The highest BCUT2D eigenvalue weighted by Gasteiger charge is 2.11. The molecule has 0 bridgehead atoms. The molecule has 0 aliphatic heterocycles. The van der Waals surface area contributed by atoms with Crippen molar-refractivity contribution in [1.82, 2.24) is 0 Å². The maximum Gasteiger partial charge on any atom is 0.124 e. The van der Waals surface area contributed by atoms with E-state index in [2.05, 4.69) is 26.0 Å². The van der Waals surface area contributed by atoms with Crippen LogP contribution in [0.1, 0.15) is 36.5 Å². The van der Waals surface area contributed by atoms with Gasteiger partial charge in [0.1, 0.15) is 5.75 Å². The second kappa shape index (κ2) is 5.45. The standard InChI is InChI=1S/C17H20O2/c1-11(2)15-6-4-5-7-16(15)13-8-12(3)17(19)14(9-13)10-18/h4-9,11,18-19H,10H2,1-3H3. The van der Waals surface area contributed by atoms with Gasteiger partial charge in [0.25, 0.3) is 0 Å². The first-order valence-electron chi connectivity index (χ1n) is 6.57. The van der Waals surface area contributed by atoms with Crippen LogP contribution in [0.2, 0.25) is 0 Å². The molecule has 2 aromatic carbocycles. The highest BCUT2D eigenvalue weighted by molar-refractivity contribution is 5.71. The molecule has 100 valence electrons. The Morgan fingerprint density at radius 2 is 1.79 bits per heavy atom.